The molecule has 1 aliphatic rings. The number of benzene rings is 2. The van der Waals surface area contributed by atoms with Gasteiger partial charge in [-0.2, -0.15) is 0 Å². The first-order valence-corrected chi connectivity index (χ1v) is 10.3. The molecular formula is C23H27N5O2. The molecule has 0 unspecified atom stereocenters. The van der Waals surface area contributed by atoms with Crippen LogP contribution in [0, 0.1) is 13.8 Å². The summed E-state index contributed by atoms with van der Waals surface area (Å²) >= 11 is 0. The quantitative estimate of drug-likeness (QED) is 0.679. The number of carbonyl (C=O) groups excluding carboxylic acids is 1. The number of hydrogen-bond donors (Lipinski definition) is 1. The Kier molecular flexibility index (Phi) is 6.21. The molecule has 1 aliphatic heterocycles. The number of rotatable bonds is 6. The summed E-state index contributed by atoms with van der Waals surface area (Å²) in [6, 6.07) is 15.8. The van der Waals surface area contributed by atoms with Crippen LogP contribution in [0.15, 0.2) is 52.9 Å². The molecule has 1 saturated heterocycles. The van der Waals surface area contributed by atoms with Gasteiger partial charge in [0.15, 0.2) is 0 Å². The molecule has 0 spiro atoms. The van der Waals surface area contributed by atoms with Crippen molar-refractivity contribution in [2.45, 2.75) is 20.4 Å². The van der Waals surface area contributed by atoms with E-state index in [1.807, 2.05) is 62.4 Å². The summed E-state index contributed by atoms with van der Waals surface area (Å²) in [6.07, 6.45) is 0. The molecular weight excluding hydrogens is 378 g/mol. The van der Waals surface area contributed by atoms with E-state index in [9.17, 15) is 4.79 Å². The number of para-hydroxylation sites is 1. The Labute approximate surface area is 176 Å². The second kappa shape index (κ2) is 9.19. The zero-order chi connectivity index (χ0) is 20.9. The lowest BCUT2D eigenvalue weighted by Crippen LogP contribution is -2.48. The molecule has 156 valence electrons. The van der Waals surface area contributed by atoms with E-state index in [-0.39, 0.29) is 5.91 Å². The third-order valence-corrected chi connectivity index (χ3v) is 5.42. The average molecular weight is 406 g/mol. The topological polar surface area (TPSA) is 74.5 Å². The lowest BCUT2D eigenvalue weighted by Gasteiger charge is -2.33. The van der Waals surface area contributed by atoms with Crippen LogP contribution in [-0.2, 0) is 11.3 Å². The molecule has 1 aromatic heterocycles. The maximum Gasteiger partial charge on any atom is 0.247 e. The van der Waals surface area contributed by atoms with Gasteiger partial charge < -0.3 is 9.73 Å². The Morgan fingerprint density at radius 3 is 2.30 bits per heavy atom. The predicted octanol–water partition coefficient (Wildman–Crippen LogP) is 3.11. The summed E-state index contributed by atoms with van der Waals surface area (Å²) in [5, 5.41) is 11.4. The van der Waals surface area contributed by atoms with Crippen LogP contribution in [0.4, 0.5) is 5.69 Å². The van der Waals surface area contributed by atoms with Gasteiger partial charge in [-0.3, -0.25) is 14.6 Å². The molecule has 7 heteroatoms. The van der Waals surface area contributed by atoms with Gasteiger partial charge in [0.05, 0.1) is 13.1 Å². The predicted molar refractivity (Wildman–Crippen MR) is 116 cm³/mol. The van der Waals surface area contributed by atoms with Gasteiger partial charge >= 0.3 is 0 Å². The Morgan fingerprint density at radius 2 is 1.60 bits per heavy atom. The molecule has 3 aromatic rings. The van der Waals surface area contributed by atoms with Crippen molar-refractivity contribution in [1.29, 1.82) is 0 Å². The van der Waals surface area contributed by atoms with Crippen molar-refractivity contribution in [2.75, 3.05) is 38.0 Å². The lowest BCUT2D eigenvalue weighted by molar-refractivity contribution is -0.117. The number of aromatic nitrogens is 2. The van der Waals surface area contributed by atoms with E-state index in [1.54, 1.807) is 0 Å². The van der Waals surface area contributed by atoms with Gasteiger partial charge in [-0.05, 0) is 37.1 Å². The molecule has 2 heterocycles. The number of nitrogens with zero attached hydrogens (tertiary/aromatic N) is 4. The Bertz CT molecular complexity index is 974. The van der Waals surface area contributed by atoms with E-state index >= 15 is 0 Å². The van der Waals surface area contributed by atoms with E-state index in [0.717, 1.165) is 48.6 Å². The van der Waals surface area contributed by atoms with Crippen molar-refractivity contribution < 1.29 is 9.21 Å². The number of nitrogens with one attached hydrogen (secondary N) is 1. The highest BCUT2D eigenvalue weighted by molar-refractivity contribution is 5.93. The van der Waals surface area contributed by atoms with Crippen molar-refractivity contribution in [2.24, 2.45) is 0 Å². The largest absolute Gasteiger partial charge is 0.419 e. The first-order valence-electron chi connectivity index (χ1n) is 10.3. The van der Waals surface area contributed by atoms with E-state index in [1.165, 1.54) is 0 Å². The van der Waals surface area contributed by atoms with Gasteiger partial charge in [0.25, 0.3) is 0 Å². The van der Waals surface area contributed by atoms with Crippen LogP contribution in [0.2, 0.25) is 0 Å². The monoisotopic (exact) mass is 405 g/mol. The standard InChI is InChI=1S/C23H27N5O2/c1-17-7-6-8-18(2)22(17)24-20(29)15-27-11-13-28(14-12-27)16-21-25-26-23(30-21)19-9-4-3-5-10-19/h3-10H,11-16H2,1-2H3,(H,24,29). The smallest absolute Gasteiger partial charge is 0.247 e. The molecule has 0 saturated carbocycles. The summed E-state index contributed by atoms with van der Waals surface area (Å²) in [6.45, 7) is 8.45. The molecule has 4 rings (SSSR count). The van der Waals surface area contributed by atoms with E-state index in [4.69, 9.17) is 4.42 Å². The number of piperazine rings is 1. The third-order valence-electron chi connectivity index (χ3n) is 5.42. The van der Waals surface area contributed by atoms with Crippen molar-refractivity contribution in [3.63, 3.8) is 0 Å². The highest BCUT2D eigenvalue weighted by Gasteiger charge is 2.21. The normalized spacial score (nSPS) is 15.3. The summed E-state index contributed by atoms with van der Waals surface area (Å²) < 4.78 is 5.81. The van der Waals surface area contributed by atoms with Crippen LogP contribution in [0.3, 0.4) is 0 Å². The molecule has 1 amide bonds. The van der Waals surface area contributed by atoms with Gasteiger partial charge in [-0.25, -0.2) is 0 Å². The second-order valence-electron chi connectivity index (χ2n) is 7.73. The number of anilines is 1. The van der Waals surface area contributed by atoms with Crippen LogP contribution in [0.1, 0.15) is 17.0 Å². The summed E-state index contributed by atoms with van der Waals surface area (Å²) in [5.41, 5.74) is 4.02. The first kappa shape index (κ1) is 20.3. The number of hydrogen-bond acceptors (Lipinski definition) is 6. The molecule has 0 atom stereocenters. The zero-order valence-corrected chi connectivity index (χ0v) is 17.5. The third kappa shape index (κ3) is 4.93. The minimum atomic E-state index is 0.0326. The van der Waals surface area contributed by atoms with Crippen LogP contribution in [0.5, 0.6) is 0 Å². The molecule has 0 bridgehead atoms. The van der Waals surface area contributed by atoms with E-state index in [2.05, 4.69) is 25.3 Å². The maximum absolute atomic E-state index is 12.5. The van der Waals surface area contributed by atoms with Crippen molar-refractivity contribution in [3.8, 4) is 11.5 Å². The van der Waals surface area contributed by atoms with Crippen molar-refractivity contribution in [3.05, 3.63) is 65.5 Å². The van der Waals surface area contributed by atoms with Crippen molar-refractivity contribution in [1.82, 2.24) is 20.0 Å². The minimum absolute atomic E-state index is 0.0326. The van der Waals surface area contributed by atoms with Gasteiger partial charge in [-0.15, -0.1) is 10.2 Å². The molecule has 0 radical (unpaired) electrons. The van der Waals surface area contributed by atoms with Gasteiger partial charge in [0.1, 0.15) is 0 Å². The molecule has 2 aromatic carbocycles. The fraction of sp³-hybridized carbons (Fsp3) is 0.348. The van der Waals surface area contributed by atoms with Gasteiger partial charge in [0, 0.05) is 37.4 Å². The van der Waals surface area contributed by atoms with Gasteiger partial charge in [0.2, 0.25) is 17.7 Å². The molecule has 30 heavy (non-hydrogen) atoms. The minimum Gasteiger partial charge on any atom is -0.419 e. The molecule has 7 nitrogen and oxygen atoms in total. The van der Waals surface area contributed by atoms with E-state index in [0.29, 0.717) is 24.9 Å². The lowest BCUT2D eigenvalue weighted by atomic mass is 10.1. The Hall–Kier alpha value is -3.03. The van der Waals surface area contributed by atoms with Crippen LogP contribution in [-0.4, -0.2) is 58.6 Å². The number of carbonyl (C=O) groups is 1. The fourth-order valence-corrected chi connectivity index (χ4v) is 3.71. The fourth-order valence-electron chi connectivity index (χ4n) is 3.71. The Morgan fingerprint density at radius 1 is 0.933 bits per heavy atom. The second-order valence-corrected chi connectivity index (χ2v) is 7.73. The molecule has 1 fully saturated rings. The van der Waals surface area contributed by atoms with E-state index < -0.39 is 0 Å². The SMILES string of the molecule is Cc1cccc(C)c1NC(=O)CN1CCN(Cc2nnc(-c3ccccc3)o2)CC1. The summed E-state index contributed by atoms with van der Waals surface area (Å²) in [7, 11) is 0. The summed E-state index contributed by atoms with van der Waals surface area (Å²) in [5.74, 6) is 1.20. The van der Waals surface area contributed by atoms with Gasteiger partial charge in [-0.1, -0.05) is 36.4 Å². The highest BCUT2D eigenvalue weighted by atomic mass is 16.4. The number of aryl methyl sites for hydroxylation is 2. The maximum atomic E-state index is 12.5. The highest BCUT2D eigenvalue weighted by Crippen LogP contribution is 2.20. The zero-order valence-electron chi connectivity index (χ0n) is 17.5. The van der Waals surface area contributed by atoms with Crippen LogP contribution >= 0.6 is 0 Å². The number of amides is 1. The summed E-state index contributed by atoms with van der Waals surface area (Å²) in [4.78, 5) is 17.0. The van der Waals surface area contributed by atoms with Crippen LogP contribution < -0.4 is 5.32 Å². The Balaban J connectivity index is 1.25. The molecule has 1 N–H and O–H groups in total. The average Bonchev–Trinajstić information content (AvgIpc) is 3.21. The van der Waals surface area contributed by atoms with Crippen molar-refractivity contribution >= 4 is 11.6 Å². The first-order chi connectivity index (χ1) is 14.6. The van der Waals surface area contributed by atoms with Crippen LogP contribution in [0.25, 0.3) is 11.5 Å². The molecule has 0 aliphatic carbocycles.